The van der Waals surface area contributed by atoms with E-state index in [0.29, 0.717) is 5.92 Å². The molecule has 0 aliphatic heterocycles. The Morgan fingerprint density at radius 3 is 2.83 bits per heavy atom. The third kappa shape index (κ3) is 2.24. The third-order valence-electron chi connectivity index (χ3n) is 2.12. The monoisotopic (exact) mass is 167 g/mol. The molecule has 1 amide bonds. The minimum Gasteiger partial charge on any atom is -0.396 e. The van der Waals surface area contributed by atoms with Gasteiger partial charge in [-0.05, 0) is 18.8 Å². The van der Waals surface area contributed by atoms with Crippen molar-refractivity contribution < 1.29 is 9.90 Å². The van der Waals surface area contributed by atoms with Crippen LogP contribution in [0.25, 0.3) is 0 Å². The van der Waals surface area contributed by atoms with E-state index in [9.17, 15) is 4.79 Å². The van der Waals surface area contributed by atoms with E-state index in [1.54, 1.807) is 0 Å². The second kappa shape index (κ2) is 4.13. The second-order valence-corrected chi connectivity index (χ2v) is 3.17. The number of hydrogen-bond donors (Lipinski definition) is 2. The Morgan fingerprint density at radius 2 is 2.33 bits per heavy atom. The van der Waals surface area contributed by atoms with Gasteiger partial charge in [0.15, 0.2) is 0 Å². The molecule has 3 nitrogen and oxygen atoms in total. The molecule has 12 heavy (non-hydrogen) atoms. The summed E-state index contributed by atoms with van der Waals surface area (Å²) in [5.74, 6) is 2.58. The predicted octanol–water partition coefficient (Wildman–Crippen LogP) is -0.103. The fourth-order valence-electron chi connectivity index (χ4n) is 1.37. The van der Waals surface area contributed by atoms with E-state index in [4.69, 9.17) is 11.5 Å². The van der Waals surface area contributed by atoms with Gasteiger partial charge in [0.2, 0.25) is 5.91 Å². The van der Waals surface area contributed by atoms with Crippen LogP contribution in [0.2, 0.25) is 0 Å². The van der Waals surface area contributed by atoms with Crippen molar-refractivity contribution in [1.29, 1.82) is 0 Å². The van der Waals surface area contributed by atoms with Gasteiger partial charge in [0.05, 0.1) is 6.42 Å². The number of carbonyl (C=O) groups is 1. The highest BCUT2D eigenvalue weighted by Crippen LogP contribution is 2.26. The average Bonchev–Trinajstić information content (AvgIpc) is 1.96. The molecular weight excluding hydrogens is 154 g/mol. The molecule has 0 aromatic heterocycles. The smallest absolute Gasteiger partial charge is 0.232 e. The van der Waals surface area contributed by atoms with Crippen LogP contribution in [0.15, 0.2) is 0 Å². The van der Waals surface area contributed by atoms with Crippen LogP contribution in [-0.2, 0) is 4.79 Å². The minimum absolute atomic E-state index is 0.0844. The largest absolute Gasteiger partial charge is 0.396 e. The summed E-state index contributed by atoms with van der Waals surface area (Å²) in [6.07, 6.45) is 6.88. The Labute approximate surface area is 72.2 Å². The van der Waals surface area contributed by atoms with Crippen molar-refractivity contribution in [2.24, 2.45) is 5.92 Å². The van der Waals surface area contributed by atoms with E-state index in [1.807, 2.05) is 0 Å². The summed E-state index contributed by atoms with van der Waals surface area (Å²) in [5.41, 5.74) is 0. The topological polar surface area (TPSA) is 49.3 Å². The van der Waals surface area contributed by atoms with E-state index >= 15 is 0 Å². The summed E-state index contributed by atoms with van der Waals surface area (Å²) < 4.78 is 0. The molecule has 1 saturated carbocycles. The summed E-state index contributed by atoms with van der Waals surface area (Å²) in [6.45, 7) is 0.224. The molecular formula is C9H13NO2. The van der Waals surface area contributed by atoms with E-state index < -0.39 is 0 Å². The lowest BCUT2D eigenvalue weighted by Gasteiger charge is -2.34. The molecule has 0 bridgehead atoms. The summed E-state index contributed by atoms with van der Waals surface area (Å²) >= 11 is 0. The maximum atomic E-state index is 10.9. The molecule has 1 rings (SSSR count). The third-order valence-corrected chi connectivity index (χ3v) is 2.12. The van der Waals surface area contributed by atoms with Gasteiger partial charge in [0.25, 0.3) is 0 Å². The van der Waals surface area contributed by atoms with Crippen molar-refractivity contribution in [1.82, 2.24) is 5.32 Å². The van der Waals surface area contributed by atoms with Crippen LogP contribution in [0.3, 0.4) is 0 Å². The number of aliphatic hydroxyl groups excluding tert-OH is 1. The SMILES string of the molecule is C#CCC(=O)NC1CC(CO)C1. The van der Waals surface area contributed by atoms with Crippen molar-refractivity contribution in [3.05, 3.63) is 0 Å². The zero-order valence-corrected chi connectivity index (χ0v) is 6.92. The number of aliphatic hydroxyl groups is 1. The molecule has 66 valence electrons. The Hall–Kier alpha value is -1.01. The van der Waals surface area contributed by atoms with Crippen LogP contribution in [0.1, 0.15) is 19.3 Å². The number of rotatable bonds is 3. The Bertz CT molecular complexity index is 201. The lowest BCUT2D eigenvalue weighted by molar-refractivity contribution is -0.121. The predicted molar refractivity (Wildman–Crippen MR) is 45.2 cm³/mol. The van der Waals surface area contributed by atoms with Gasteiger partial charge >= 0.3 is 0 Å². The first kappa shape index (κ1) is 9.08. The highest BCUT2D eigenvalue weighted by Gasteiger charge is 2.28. The molecule has 0 unspecified atom stereocenters. The molecule has 3 heteroatoms. The summed E-state index contributed by atoms with van der Waals surface area (Å²) in [5, 5.41) is 11.5. The highest BCUT2D eigenvalue weighted by molar-refractivity contribution is 5.78. The van der Waals surface area contributed by atoms with Crippen LogP contribution < -0.4 is 5.32 Å². The molecule has 1 aliphatic carbocycles. The van der Waals surface area contributed by atoms with E-state index in [2.05, 4.69) is 11.2 Å². The molecule has 0 atom stereocenters. The Kier molecular flexibility index (Phi) is 3.12. The van der Waals surface area contributed by atoms with Crippen molar-refractivity contribution in [3.8, 4) is 12.3 Å². The molecule has 0 saturated heterocycles. The van der Waals surface area contributed by atoms with E-state index in [-0.39, 0.29) is 25.0 Å². The van der Waals surface area contributed by atoms with Gasteiger partial charge in [-0.1, -0.05) is 5.92 Å². The van der Waals surface area contributed by atoms with Gasteiger partial charge in [-0.2, -0.15) is 0 Å². The molecule has 0 heterocycles. The van der Waals surface area contributed by atoms with Crippen molar-refractivity contribution in [3.63, 3.8) is 0 Å². The normalized spacial score (nSPS) is 27.0. The lowest BCUT2D eigenvalue weighted by Crippen LogP contribution is -2.45. The molecule has 0 spiro atoms. The zero-order chi connectivity index (χ0) is 8.97. The number of carbonyl (C=O) groups excluding carboxylic acids is 1. The first-order valence-electron chi connectivity index (χ1n) is 4.10. The summed E-state index contributed by atoms with van der Waals surface area (Å²) in [6, 6.07) is 0.239. The quantitative estimate of drug-likeness (QED) is 0.576. The van der Waals surface area contributed by atoms with Crippen molar-refractivity contribution >= 4 is 5.91 Å². The Balaban J connectivity index is 2.11. The van der Waals surface area contributed by atoms with Crippen molar-refractivity contribution in [2.45, 2.75) is 25.3 Å². The number of amides is 1. The molecule has 2 N–H and O–H groups in total. The van der Waals surface area contributed by atoms with Crippen LogP contribution in [0, 0.1) is 18.3 Å². The Morgan fingerprint density at radius 1 is 1.67 bits per heavy atom. The average molecular weight is 167 g/mol. The first-order valence-corrected chi connectivity index (χ1v) is 4.10. The van der Waals surface area contributed by atoms with E-state index in [1.165, 1.54) is 0 Å². The fourth-order valence-corrected chi connectivity index (χ4v) is 1.37. The summed E-state index contributed by atoms with van der Waals surface area (Å²) in [7, 11) is 0. The molecule has 0 radical (unpaired) electrons. The molecule has 0 aromatic rings. The zero-order valence-electron chi connectivity index (χ0n) is 6.92. The standard InChI is InChI=1S/C9H13NO2/c1-2-3-9(12)10-8-4-7(5-8)6-11/h1,7-8,11H,3-6H2,(H,10,12). The van der Waals surface area contributed by atoms with Gasteiger partial charge in [-0.15, -0.1) is 6.42 Å². The molecule has 1 aliphatic rings. The lowest BCUT2D eigenvalue weighted by atomic mass is 9.81. The van der Waals surface area contributed by atoms with Gasteiger partial charge in [-0.25, -0.2) is 0 Å². The van der Waals surface area contributed by atoms with E-state index in [0.717, 1.165) is 12.8 Å². The highest BCUT2D eigenvalue weighted by atomic mass is 16.3. The number of terminal acetylenes is 1. The van der Waals surface area contributed by atoms with Gasteiger partial charge in [0, 0.05) is 12.6 Å². The van der Waals surface area contributed by atoms with Crippen LogP contribution in [-0.4, -0.2) is 23.7 Å². The first-order chi connectivity index (χ1) is 5.76. The van der Waals surface area contributed by atoms with Gasteiger partial charge < -0.3 is 10.4 Å². The number of hydrogen-bond acceptors (Lipinski definition) is 2. The van der Waals surface area contributed by atoms with Crippen LogP contribution in [0.5, 0.6) is 0 Å². The second-order valence-electron chi connectivity index (χ2n) is 3.17. The van der Waals surface area contributed by atoms with Gasteiger partial charge in [-0.3, -0.25) is 4.79 Å². The van der Waals surface area contributed by atoms with Gasteiger partial charge in [0.1, 0.15) is 0 Å². The maximum Gasteiger partial charge on any atom is 0.232 e. The number of nitrogens with one attached hydrogen (secondary N) is 1. The molecule has 1 fully saturated rings. The minimum atomic E-state index is -0.0844. The molecule has 0 aromatic carbocycles. The summed E-state index contributed by atoms with van der Waals surface area (Å²) in [4.78, 5) is 10.9. The van der Waals surface area contributed by atoms with Crippen molar-refractivity contribution in [2.75, 3.05) is 6.61 Å². The van der Waals surface area contributed by atoms with Crippen LogP contribution >= 0.6 is 0 Å². The fraction of sp³-hybridized carbons (Fsp3) is 0.667. The maximum absolute atomic E-state index is 10.9. The van der Waals surface area contributed by atoms with Crippen LogP contribution in [0.4, 0.5) is 0 Å².